The first-order valence-corrected chi connectivity index (χ1v) is 10.7. The van der Waals surface area contributed by atoms with Gasteiger partial charge in [-0.15, -0.1) is 0 Å². The summed E-state index contributed by atoms with van der Waals surface area (Å²) < 4.78 is 84.0. The van der Waals surface area contributed by atoms with Crippen molar-refractivity contribution in [2.75, 3.05) is 49.1 Å². The van der Waals surface area contributed by atoms with E-state index in [1.54, 1.807) is 4.90 Å². The van der Waals surface area contributed by atoms with Gasteiger partial charge in [-0.2, -0.15) is 13.2 Å². The number of anilines is 2. The number of fused-ring (bicyclic) bond motifs is 1. The van der Waals surface area contributed by atoms with Crippen molar-refractivity contribution in [2.45, 2.75) is 11.1 Å². The van der Waals surface area contributed by atoms with E-state index < -0.39 is 21.8 Å². The van der Waals surface area contributed by atoms with Crippen molar-refractivity contribution in [1.82, 2.24) is 0 Å². The maximum Gasteiger partial charge on any atom is 0.416 e. The molecule has 2 heterocycles. The van der Waals surface area contributed by atoms with Crippen LogP contribution in [0.25, 0.3) is 0 Å². The van der Waals surface area contributed by atoms with Gasteiger partial charge in [-0.3, -0.25) is 4.72 Å². The Morgan fingerprint density at radius 1 is 0.900 bits per heavy atom. The molecule has 0 radical (unpaired) electrons. The largest absolute Gasteiger partial charge is 0.486 e. The molecule has 0 bridgehead atoms. The molecule has 30 heavy (non-hydrogen) atoms. The van der Waals surface area contributed by atoms with Gasteiger partial charge in [0.05, 0.1) is 35.0 Å². The third kappa shape index (κ3) is 4.26. The molecule has 2 aromatic carbocycles. The summed E-state index contributed by atoms with van der Waals surface area (Å²) in [7, 11) is -4.18. The molecule has 7 nitrogen and oxygen atoms in total. The molecule has 1 saturated heterocycles. The van der Waals surface area contributed by atoms with E-state index in [2.05, 4.69) is 4.72 Å². The summed E-state index contributed by atoms with van der Waals surface area (Å²) in [5, 5.41) is 0. The molecule has 11 heteroatoms. The van der Waals surface area contributed by atoms with E-state index >= 15 is 0 Å². The zero-order valence-corrected chi connectivity index (χ0v) is 16.6. The second-order valence-corrected chi connectivity index (χ2v) is 8.42. The molecular weight excluding hydrogens is 425 g/mol. The molecule has 0 amide bonds. The van der Waals surface area contributed by atoms with Crippen LogP contribution in [0.1, 0.15) is 5.56 Å². The monoisotopic (exact) mass is 444 g/mol. The lowest BCUT2D eigenvalue weighted by Crippen LogP contribution is -2.36. The van der Waals surface area contributed by atoms with Gasteiger partial charge < -0.3 is 19.1 Å². The van der Waals surface area contributed by atoms with Gasteiger partial charge in [0.2, 0.25) is 0 Å². The van der Waals surface area contributed by atoms with Gasteiger partial charge in [-0.05, 0) is 30.3 Å². The lowest BCUT2D eigenvalue weighted by molar-refractivity contribution is -0.137. The molecule has 0 spiro atoms. The van der Waals surface area contributed by atoms with Crippen LogP contribution in [0.3, 0.4) is 0 Å². The number of hydrogen-bond donors (Lipinski definition) is 1. The van der Waals surface area contributed by atoms with E-state index in [9.17, 15) is 21.6 Å². The van der Waals surface area contributed by atoms with Crippen LogP contribution < -0.4 is 19.1 Å². The Morgan fingerprint density at radius 3 is 2.30 bits per heavy atom. The molecule has 0 saturated carbocycles. The fourth-order valence-electron chi connectivity index (χ4n) is 3.27. The molecule has 2 aliphatic heterocycles. The smallest absolute Gasteiger partial charge is 0.416 e. The molecule has 0 atom stereocenters. The standard InChI is InChI=1S/C19H19F3N2O5S/c20-19(21,22)13-1-3-16(24-5-7-27-8-6-24)15(11-13)23-30(25,26)14-2-4-17-18(12-14)29-10-9-28-17/h1-4,11-12,23H,5-10H2. The molecular formula is C19H19F3N2O5S. The Kier molecular flexibility index (Phi) is 5.41. The lowest BCUT2D eigenvalue weighted by atomic mass is 10.1. The highest BCUT2D eigenvalue weighted by atomic mass is 32.2. The van der Waals surface area contributed by atoms with E-state index in [0.717, 1.165) is 12.1 Å². The first-order valence-electron chi connectivity index (χ1n) is 9.20. The fraction of sp³-hybridized carbons (Fsp3) is 0.368. The number of nitrogens with one attached hydrogen (secondary N) is 1. The number of sulfonamides is 1. The maximum absolute atomic E-state index is 13.2. The van der Waals surface area contributed by atoms with Crippen molar-refractivity contribution >= 4 is 21.4 Å². The van der Waals surface area contributed by atoms with Crippen LogP contribution in [-0.4, -0.2) is 47.9 Å². The maximum atomic E-state index is 13.2. The molecule has 0 aromatic heterocycles. The molecule has 2 aromatic rings. The number of ether oxygens (including phenoxy) is 3. The Hall–Kier alpha value is -2.66. The minimum absolute atomic E-state index is 0.142. The van der Waals surface area contributed by atoms with Gasteiger partial charge in [0.15, 0.2) is 11.5 Å². The van der Waals surface area contributed by atoms with E-state index in [4.69, 9.17) is 14.2 Å². The van der Waals surface area contributed by atoms with Gasteiger partial charge in [-0.1, -0.05) is 0 Å². The van der Waals surface area contributed by atoms with E-state index in [-0.39, 0.29) is 22.9 Å². The average Bonchev–Trinajstić information content (AvgIpc) is 2.73. The van der Waals surface area contributed by atoms with Crippen molar-refractivity contribution in [3.8, 4) is 11.5 Å². The first kappa shape index (κ1) is 20.6. The van der Waals surface area contributed by atoms with Gasteiger partial charge in [0.25, 0.3) is 10.0 Å². The van der Waals surface area contributed by atoms with Crippen molar-refractivity contribution < 1.29 is 35.8 Å². The van der Waals surface area contributed by atoms with Gasteiger partial charge in [0.1, 0.15) is 13.2 Å². The molecule has 0 unspecified atom stereocenters. The Labute approximate surface area is 171 Å². The predicted molar refractivity (Wildman–Crippen MR) is 103 cm³/mol. The minimum atomic E-state index is -4.61. The van der Waals surface area contributed by atoms with Gasteiger partial charge >= 0.3 is 6.18 Å². The number of morpholine rings is 1. The van der Waals surface area contributed by atoms with Crippen LogP contribution in [-0.2, 0) is 20.9 Å². The zero-order chi connectivity index (χ0) is 21.4. The van der Waals surface area contributed by atoms with Crippen LogP contribution in [0.4, 0.5) is 24.5 Å². The first-order chi connectivity index (χ1) is 14.2. The number of hydrogen-bond acceptors (Lipinski definition) is 6. The van der Waals surface area contributed by atoms with Crippen LogP contribution in [0.5, 0.6) is 11.5 Å². The number of nitrogens with zero attached hydrogens (tertiary/aromatic N) is 1. The summed E-state index contributed by atoms with van der Waals surface area (Å²) in [5.74, 6) is 0.676. The SMILES string of the molecule is O=S(=O)(Nc1cc(C(F)(F)F)ccc1N1CCOCC1)c1ccc2c(c1)OCCO2. The molecule has 1 fully saturated rings. The molecule has 0 aliphatic carbocycles. The summed E-state index contributed by atoms with van der Waals surface area (Å²) in [6.07, 6.45) is -4.61. The molecule has 1 N–H and O–H groups in total. The van der Waals surface area contributed by atoms with Crippen LogP contribution in [0.15, 0.2) is 41.3 Å². The second kappa shape index (κ2) is 7.88. The van der Waals surface area contributed by atoms with Crippen LogP contribution >= 0.6 is 0 Å². The minimum Gasteiger partial charge on any atom is -0.486 e. The highest BCUT2D eigenvalue weighted by Crippen LogP contribution is 2.38. The van der Waals surface area contributed by atoms with E-state index in [1.807, 2.05) is 0 Å². The highest BCUT2D eigenvalue weighted by Gasteiger charge is 2.32. The highest BCUT2D eigenvalue weighted by molar-refractivity contribution is 7.92. The number of benzene rings is 2. The summed E-state index contributed by atoms with van der Waals surface area (Å²) in [5.41, 5.74) is -0.742. The second-order valence-electron chi connectivity index (χ2n) is 6.74. The Morgan fingerprint density at radius 2 is 1.60 bits per heavy atom. The van der Waals surface area contributed by atoms with Gasteiger partial charge in [-0.25, -0.2) is 8.42 Å². The van der Waals surface area contributed by atoms with Crippen LogP contribution in [0.2, 0.25) is 0 Å². The van der Waals surface area contributed by atoms with Crippen molar-refractivity contribution in [3.05, 3.63) is 42.0 Å². The van der Waals surface area contributed by atoms with E-state index in [1.165, 1.54) is 24.3 Å². The lowest BCUT2D eigenvalue weighted by Gasteiger charge is -2.31. The van der Waals surface area contributed by atoms with Crippen molar-refractivity contribution in [1.29, 1.82) is 0 Å². The quantitative estimate of drug-likeness (QED) is 0.781. The normalized spacial score (nSPS) is 17.0. The third-order valence-corrected chi connectivity index (χ3v) is 6.11. The third-order valence-electron chi connectivity index (χ3n) is 4.74. The summed E-state index contributed by atoms with van der Waals surface area (Å²) in [4.78, 5) is 1.64. The van der Waals surface area contributed by atoms with E-state index in [0.29, 0.717) is 44.3 Å². The Bertz CT molecular complexity index is 1040. The predicted octanol–water partition coefficient (Wildman–Crippen LogP) is 3.11. The Balaban J connectivity index is 1.71. The zero-order valence-electron chi connectivity index (χ0n) is 15.7. The molecule has 162 valence electrons. The van der Waals surface area contributed by atoms with Crippen molar-refractivity contribution in [2.24, 2.45) is 0 Å². The molecule has 2 aliphatic rings. The van der Waals surface area contributed by atoms with Crippen molar-refractivity contribution in [3.63, 3.8) is 0 Å². The number of halogens is 3. The summed E-state index contributed by atoms with van der Waals surface area (Å²) in [6.45, 7) is 2.29. The van der Waals surface area contributed by atoms with Gasteiger partial charge in [0, 0.05) is 19.2 Å². The topological polar surface area (TPSA) is 77.1 Å². The molecule has 4 rings (SSSR count). The summed E-state index contributed by atoms with van der Waals surface area (Å²) in [6, 6.07) is 7.08. The number of rotatable bonds is 4. The number of alkyl halides is 3. The average molecular weight is 444 g/mol. The van der Waals surface area contributed by atoms with Crippen LogP contribution in [0, 0.1) is 0 Å². The summed E-state index contributed by atoms with van der Waals surface area (Å²) >= 11 is 0. The fourth-order valence-corrected chi connectivity index (χ4v) is 4.35.